The molecule has 4 N–H and O–H groups in total. The molecule has 1 saturated heterocycles. The maximum Gasteiger partial charge on any atom is 0.226 e. The van der Waals surface area contributed by atoms with Crippen molar-refractivity contribution in [2.45, 2.75) is 17.6 Å². The number of aromatic nitrogens is 4. The summed E-state index contributed by atoms with van der Waals surface area (Å²) in [7, 11) is 0. The van der Waals surface area contributed by atoms with Gasteiger partial charge in [-0.1, -0.05) is 0 Å². The molecule has 0 amide bonds. The second-order valence-corrected chi connectivity index (χ2v) is 5.47. The fourth-order valence-electron chi connectivity index (χ4n) is 1.93. The lowest BCUT2D eigenvalue weighted by Gasteiger charge is -2.17. The number of aliphatic hydroxyl groups is 2. The molecule has 3 rings (SSSR count). The van der Waals surface area contributed by atoms with Gasteiger partial charge < -0.3 is 15.9 Å². The number of halogens is 1. The highest BCUT2D eigenvalue weighted by atomic mass is 35.5. The van der Waals surface area contributed by atoms with Crippen LogP contribution < -0.4 is 5.73 Å². The normalized spacial score (nSPS) is 28.1. The number of hydrogen-bond donors (Lipinski definition) is 3. The van der Waals surface area contributed by atoms with Gasteiger partial charge in [0.25, 0.3) is 0 Å². The molecular formula is C9H10ClN5O2S. The Kier molecular flexibility index (Phi) is 2.81. The summed E-state index contributed by atoms with van der Waals surface area (Å²) in [6.45, 7) is 0. The number of nitrogens with zero attached hydrogens (tertiary/aromatic N) is 4. The van der Waals surface area contributed by atoms with E-state index in [2.05, 4.69) is 15.0 Å². The minimum atomic E-state index is -0.873. The highest BCUT2D eigenvalue weighted by Gasteiger charge is 2.36. The monoisotopic (exact) mass is 287 g/mol. The molecule has 0 aliphatic carbocycles. The molecule has 96 valence electrons. The summed E-state index contributed by atoms with van der Waals surface area (Å²) in [6.07, 6.45) is -0.111. The molecule has 9 heteroatoms. The van der Waals surface area contributed by atoms with Crippen LogP contribution in [0.1, 0.15) is 5.37 Å². The highest BCUT2D eigenvalue weighted by Crippen LogP contribution is 2.38. The van der Waals surface area contributed by atoms with Crippen molar-refractivity contribution in [2.75, 3.05) is 11.5 Å². The van der Waals surface area contributed by atoms with Gasteiger partial charge in [0.05, 0.1) is 12.4 Å². The van der Waals surface area contributed by atoms with Crippen molar-refractivity contribution in [1.82, 2.24) is 19.5 Å². The number of aliphatic hydroxyl groups excluding tert-OH is 2. The number of hydrogen-bond acceptors (Lipinski definition) is 7. The second-order valence-electron chi connectivity index (χ2n) is 3.98. The second kappa shape index (κ2) is 4.23. The molecule has 18 heavy (non-hydrogen) atoms. The molecule has 1 fully saturated rings. The van der Waals surface area contributed by atoms with Crippen molar-refractivity contribution in [1.29, 1.82) is 0 Å². The summed E-state index contributed by atoms with van der Waals surface area (Å²) in [5, 5.41) is 19.1. The van der Waals surface area contributed by atoms with Crippen LogP contribution in [0.25, 0.3) is 11.2 Å². The van der Waals surface area contributed by atoms with E-state index in [0.29, 0.717) is 16.9 Å². The molecule has 3 atom stereocenters. The Morgan fingerprint density at radius 3 is 2.89 bits per heavy atom. The van der Waals surface area contributed by atoms with E-state index in [1.807, 2.05) is 0 Å². The first-order valence-corrected chi connectivity index (χ1v) is 6.64. The molecule has 1 aliphatic rings. The molecule has 1 aliphatic heterocycles. The first-order chi connectivity index (χ1) is 8.58. The van der Waals surface area contributed by atoms with Crippen LogP contribution in [0.3, 0.4) is 0 Å². The van der Waals surface area contributed by atoms with E-state index in [4.69, 9.17) is 17.3 Å². The summed E-state index contributed by atoms with van der Waals surface area (Å²) in [4.78, 5) is 12.0. The molecule has 2 aromatic rings. The minimum Gasteiger partial charge on any atom is -0.389 e. The Morgan fingerprint density at radius 2 is 2.22 bits per heavy atom. The topological polar surface area (TPSA) is 110 Å². The molecule has 0 unspecified atom stereocenters. The molecule has 3 heterocycles. The number of anilines is 1. The van der Waals surface area contributed by atoms with Crippen LogP contribution in [0, 0.1) is 0 Å². The fourth-order valence-corrected chi connectivity index (χ4v) is 3.38. The smallest absolute Gasteiger partial charge is 0.226 e. The number of thioether (sulfide) groups is 1. The third-order valence-corrected chi connectivity index (χ3v) is 4.37. The van der Waals surface area contributed by atoms with Crippen LogP contribution in [-0.4, -0.2) is 47.7 Å². The van der Waals surface area contributed by atoms with Crippen molar-refractivity contribution in [3.8, 4) is 0 Å². The molecule has 2 aromatic heterocycles. The van der Waals surface area contributed by atoms with Crippen LogP contribution in [0.2, 0.25) is 5.28 Å². The SMILES string of the molecule is Nc1nc(Cl)nc2c1ncn2[C@H]1SC[C@H](O)[C@@H]1O. The number of imidazole rings is 1. The van der Waals surface area contributed by atoms with Crippen molar-refractivity contribution in [3.05, 3.63) is 11.6 Å². The number of fused-ring (bicyclic) bond motifs is 1. The van der Waals surface area contributed by atoms with E-state index in [9.17, 15) is 10.2 Å². The number of rotatable bonds is 1. The Labute approximate surface area is 111 Å². The summed E-state index contributed by atoms with van der Waals surface area (Å²) >= 11 is 7.18. The molecule has 0 aromatic carbocycles. The lowest BCUT2D eigenvalue weighted by molar-refractivity contribution is 0.0313. The van der Waals surface area contributed by atoms with Crippen LogP contribution in [0.5, 0.6) is 0 Å². The van der Waals surface area contributed by atoms with E-state index in [1.54, 1.807) is 4.57 Å². The first kappa shape index (κ1) is 12.0. The zero-order valence-electron chi connectivity index (χ0n) is 9.06. The summed E-state index contributed by atoms with van der Waals surface area (Å²) in [5.41, 5.74) is 6.60. The largest absolute Gasteiger partial charge is 0.389 e. The third kappa shape index (κ3) is 1.72. The van der Waals surface area contributed by atoms with Crippen LogP contribution in [0.15, 0.2) is 6.33 Å². The van der Waals surface area contributed by atoms with Gasteiger partial charge in [0.1, 0.15) is 17.0 Å². The maximum absolute atomic E-state index is 9.90. The van der Waals surface area contributed by atoms with Gasteiger partial charge >= 0.3 is 0 Å². The Morgan fingerprint density at radius 1 is 1.44 bits per heavy atom. The summed E-state index contributed by atoms with van der Waals surface area (Å²) < 4.78 is 1.66. The van der Waals surface area contributed by atoms with Crippen LogP contribution >= 0.6 is 23.4 Å². The van der Waals surface area contributed by atoms with Gasteiger partial charge in [-0.05, 0) is 11.6 Å². The average Bonchev–Trinajstić information content (AvgIpc) is 2.85. The van der Waals surface area contributed by atoms with Gasteiger partial charge in [0.2, 0.25) is 5.28 Å². The Bertz CT molecular complexity index is 606. The summed E-state index contributed by atoms with van der Waals surface area (Å²) in [6, 6.07) is 0. The average molecular weight is 288 g/mol. The zero-order valence-corrected chi connectivity index (χ0v) is 10.6. The quantitative estimate of drug-likeness (QED) is 0.635. The predicted molar refractivity (Wildman–Crippen MR) is 68.3 cm³/mol. The van der Waals surface area contributed by atoms with Crippen LogP contribution in [-0.2, 0) is 0 Å². The van der Waals surface area contributed by atoms with Crippen molar-refractivity contribution < 1.29 is 10.2 Å². The first-order valence-electron chi connectivity index (χ1n) is 5.21. The Hall–Kier alpha value is -1.09. The van der Waals surface area contributed by atoms with E-state index in [-0.39, 0.29) is 16.5 Å². The molecule has 0 radical (unpaired) electrons. The highest BCUT2D eigenvalue weighted by molar-refractivity contribution is 7.99. The molecular weight excluding hydrogens is 278 g/mol. The van der Waals surface area contributed by atoms with E-state index < -0.39 is 12.2 Å². The third-order valence-electron chi connectivity index (χ3n) is 2.82. The lowest BCUT2D eigenvalue weighted by atomic mass is 10.2. The van der Waals surface area contributed by atoms with Gasteiger partial charge in [-0.3, -0.25) is 4.57 Å². The minimum absolute atomic E-state index is 0.0276. The standard InChI is InChI=1S/C9H10ClN5O2S/c10-9-13-6(11)4-7(14-9)15(2-12-4)8-5(17)3(16)1-18-8/h2-3,5,8,16-17H,1H2,(H2,11,13,14)/t3-,5-,8-/m0/s1. The molecule has 7 nitrogen and oxygen atoms in total. The van der Waals surface area contributed by atoms with Crippen LogP contribution in [0.4, 0.5) is 5.82 Å². The summed E-state index contributed by atoms with van der Waals surface area (Å²) in [5.74, 6) is 0.654. The number of nitrogens with two attached hydrogens (primary N) is 1. The zero-order chi connectivity index (χ0) is 12.9. The van der Waals surface area contributed by atoms with Gasteiger partial charge in [-0.2, -0.15) is 9.97 Å². The van der Waals surface area contributed by atoms with E-state index in [1.165, 1.54) is 18.1 Å². The van der Waals surface area contributed by atoms with Crippen molar-refractivity contribution >= 4 is 40.3 Å². The van der Waals surface area contributed by atoms with Crippen molar-refractivity contribution in [2.24, 2.45) is 0 Å². The maximum atomic E-state index is 9.90. The van der Waals surface area contributed by atoms with Gasteiger partial charge in [0, 0.05) is 5.75 Å². The molecule has 0 saturated carbocycles. The van der Waals surface area contributed by atoms with E-state index in [0.717, 1.165) is 0 Å². The van der Waals surface area contributed by atoms with Gasteiger partial charge in [-0.25, -0.2) is 4.98 Å². The predicted octanol–water partition coefficient (Wildman–Crippen LogP) is 0.0291. The van der Waals surface area contributed by atoms with Gasteiger partial charge in [0.15, 0.2) is 11.5 Å². The van der Waals surface area contributed by atoms with Gasteiger partial charge in [-0.15, -0.1) is 11.8 Å². The van der Waals surface area contributed by atoms with E-state index >= 15 is 0 Å². The lowest BCUT2D eigenvalue weighted by Crippen LogP contribution is -2.27. The fraction of sp³-hybridized carbons (Fsp3) is 0.444. The van der Waals surface area contributed by atoms with Crippen molar-refractivity contribution in [3.63, 3.8) is 0 Å². The molecule has 0 bridgehead atoms. The molecule has 0 spiro atoms. The number of nitrogen functional groups attached to an aromatic ring is 1. The Balaban J connectivity index is 2.13.